The molecular formula is C19H40O. The van der Waals surface area contributed by atoms with Crippen LogP contribution in [-0.4, -0.2) is 10.7 Å². The minimum absolute atomic E-state index is 0.660. The highest BCUT2D eigenvalue weighted by molar-refractivity contribution is 5.22. The third-order valence-electron chi connectivity index (χ3n) is 3.23. The lowest BCUT2D eigenvalue weighted by Crippen LogP contribution is -2.23. The standard InChI is InChI=1S/C15H28O.2C2H6/c1-7-14(11-12(3)4)10-9-13(5)15(6,16)8-2;2*1-2/h9-10,12,16H,7-8,11H2,1-6H3;2*1-2H3/b13-9+,14-10+;;. The molecular weight excluding hydrogens is 244 g/mol. The van der Waals surface area contributed by atoms with E-state index in [1.165, 1.54) is 5.57 Å². The topological polar surface area (TPSA) is 20.2 Å². The maximum atomic E-state index is 10.1. The van der Waals surface area contributed by atoms with Crippen LogP contribution >= 0.6 is 0 Å². The minimum Gasteiger partial charge on any atom is -0.386 e. The Bertz CT molecular complexity index is 257. The van der Waals surface area contributed by atoms with Crippen LogP contribution < -0.4 is 0 Å². The molecule has 122 valence electrons. The second kappa shape index (κ2) is 14.8. The fourth-order valence-corrected chi connectivity index (χ4v) is 1.56. The molecule has 0 spiro atoms. The van der Waals surface area contributed by atoms with E-state index >= 15 is 0 Å². The Morgan fingerprint density at radius 1 is 1.05 bits per heavy atom. The molecule has 0 saturated carbocycles. The van der Waals surface area contributed by atoms with Crippen molar-refractivity contribution in [2.24, 2.45) is 5.92 Å². The molecule has 0 aromatic rings. The molecule has 0 fully saturated rings. The van der Waals surface area contributed by atoms with Crippen LogP contribution in [0.2, 0.25) is 0 Å². The maximum absolute atomic E-state index is 10.1. The maximum Gasteiger partial charge on any atom is 0.0826 e. The number of hydrogen-bond donors (Lipinski definition) is 1. The quantitative estimate of drug-likeness (QED) is 0.550. The molecule has 0 aromatic carbocycles. The van der Waals surface area contributed by atoms with Crippen molar-refractivity contribution in [3.63, 3.8) is 0 Å². The third-order valence-corrected chi connectivity index (χ3v) is 3.23. The van der Waals surface area contributed by atoms with Crippen molar-refractivity contribution >= 4 is 0 Å². The Morgan fingerprint density at radius 2 is 1.50 bits per heavy atom. The van der Waals surface area contributed by atoms with E-state index in [0.29, 0.717) is 5.92 Å². The van der Waals surface area contributed by atoms with Gasteiger partial charge in [-0.2, -0.15) is 0 Å². The number of rotatable bonds is 6. The second-order valence-corrected chi connectivity index (χ2v) is 5.25. The van der Waals surface area contributed by atoms with Gasteiger partial charge in [-0.15, -0.1) is 0 Å². The molecule has 1 unspecified atom stereocenters. The van der Waals surface area contributed by atoms with E-state index in [9.17, 15) is 5.11 Å². The monoisotopic (exact) mass is 284 g/mol. The van der Waals surface area contributed by atoms with Gasteiger partial charge in [0.15, 0.2) is 0 Å². The molecule has 1 heteroatoms. The van der Waals surface area contributed by atoms with Gasteiger partial charge in [0.05, 0.1) is 5.60 Å². The predicted octanol–water partition coefficient (Wildman–Crippen LogP) is 6.53. The van der Waals surface area contributed by atoms with Crippen LogP contribution in [0, 0.1) is 5.92 Å². The van der Waals surface area contributed by atoms with Crippen molar-refractivity contribution in [2.45, 2.75) is 94.1 Å². The lowest BCUT2D eigenvalue weighted by Gasteiger charge is -2.22. The van der Waals surface area contributed by atoms with Crippen molar-refractivity contribution in [1.82, 2.24) is 0 Å². The van der Waals surface area contributed by atoms with E-state index in [1.54, 1.807) is 0 Å². The smallest absolute Gasteiger partial charge is 0.0826 e. The lowest BCUT2D eigenvalue weighted by molar-refractivity contribution is 0.0946. The van der Waals surface area contributed by atoms with Crippen LogP contribution in [0.3, 0.4) is 0 Å². The summed E-state index contributed by atoms with van der Waals surface area (Å²) in [6, 6.07) is 0. The average Bonchev–Trinajstić information content (AvgIpc) is 2.46. The van der Waals surface area contributed by atoms with Gasteiger partial charge in [0.2, 0.25) is 0 Å². The van der Waals surface area contributed by atoms with E-state index in [4.69, 9.17) is 0 Å². The molecule has 20 heavy (non-hydrogen) atoms. The summed E-state index contributed by atoms with van der Waals surface area (Å²) in [5.74, 6) is 0.701. The molecule has 0 aromatic heterocycles. The van der Waals surface area contributed by atoms with Gasteiger partial charge in [0.1, 0.15) is 0 Å². The molecule has 0 radical (unpaired) electrons. The van der Waals surface area contributed by atoms with Gasteiger partial charge in [-0.05, 0) is 44.6 Å². The van der Waals surface area contributed by atoms with E-state index in [0.717, 1.165) is 24.8 Å². The normalized spacial score (nSPS) is 14.8. The Kier molecular flexibility index (Phi) is 18.1. The Labute approximate surface area is 129 Å². The Hall–Kier alpha value is -0.560. The molecule has 0 aliphatic heterocycles. The SMILES string of the molecule is CC.CC.CC/C(=C\C=C(/C)C(C)(O)CC)CC(C)C. The zero-order chi connectivity index (χ0) is 16.8. The highest BCUT2D eigenvalue weighted by atomic mass is 16.3. The summed E-state index contributed by atoms with van der Waals surface area (Å²) in [5.41, 5.74) is 1.85. The molecule has 1 N–H and O–H groups in total. The van der Waals surface area contributed by atoms with Crippen LogP contribution in [0.1, 0.15) is 88.5 Å². The van der Waals surface area contributed by atoms with Crippen molar-refractivity contribution in [2.75, 3.05) is 0 Å². The van der Waals surface area contributed by atoms with Crippen molar-refractivity contribution in [3.05, 3.63) is 23.3 Å². The molecule has 0 aliphatic carbocycles. The minimum atomic E-state index is -0.660. The van der Waals surface area contributed by atoms with E-state index in [-0.39, 0.29) is 0 Å². The van der Waals surface area contributed by atoms with Gasteiger partial charge >= 0.3 is 0 Å². The van der Waals surface area contributed by atoms with Gasteiger partial charge in [0.25, 0.3) is 0 Å². The molecule has 1 atom stereocenters. The first-order valence-corrected chi connectivity index (χ1v) is 8.42. The molecule has 1 nitrogen and oxygen atoms in total. The Balaban J connectivity index is -0.000000656. The van der Waals surface area contributed by atoms with Gasteiger partial charge in [0, 0.05) is 0 Å². The van der Waals surface area contributed by atoms with Gasteiger partial charge in [-0.1, -0.05) is 73.1 Å². The fraction of sp³-hybridized carbons (Fsp3) is 0.789. The van der Waals surface area contributed by atoms with Gasteiger partial charge in [-0.25, -0.2) is 0 Å². The molecule has 0 aliphatic rings. The summed E-state index contributed by atoms with van der Waals surface area (Å²) in [6.45, 7) is 20.6. The lowest BCUT2D eigenvalue weighted by atomic mass is 9.93. The molecule has 0 amide bonds. The highest BCUT2D eigenvalue weighted by Crippen LogP contribution is 2.21. The summed E-state index contributed by atoms with van der Waals surface area (Å²) >= 11 is 0. The summed E-state index contributed by atoms with van der Waals surface area (Å²) in [7, 11) is 0. The van der Waals surface area contributed by atoms with Gasteiger partial charge in [-0.3, -0.25) is 0 Å². The van der Waals surface area contributed by atoms with E-state index < -0.39 is 5.60 Å². The highest BCUT2D eigenvalue weighted by Gasteiger charge is 2.18. The molecule has 0 rings (SSSR count). The second-order valence-electron chi connectivity index (χ2n) is 5.25. The third kappa shape index (κ3) is 12.5. The summed E-state index contributed by atoms with van der Waals surface area (Å²) < 4.78 is 0. The van der Waals surface area contributed by atoms with Crippen LogP contribution in [0.15, 0.2) is 23.3 Å². The molecule has 0 heterocycles. The summed E-state index contributed by atoms with van der Waals surface area (Å²) in [6.07, 6.45) is 7.25. The first kappa shape index (κ1) is 24.5. The van der Waals surface area contributed by atoms with Crippen molar-refractivity contribution in [3.8, 4) is 0 Å². The number of allylic oxidation sites excluding steroid dienone is 3. The number of hydrogen-bond acceptors (Lipinski definition) is 1. The van der Waals surface area contributed by atoms with E-state index in [2.05, 4.69) is 32.9 Å². The van der Waals surface area contributed by atoms with Crippen LogP contribution in [0.5, 0.6) is 0 Å². The Morgan fingerprint density at radius 3 is 1.80 bits per heavy atom. The summed E-state index contributed by atoms with van der Waals surface area (Å²) in [5, 5.41) is 10.1. The van der Waals surface area contributed by atoms with Crippen molar-refractivity contribution < 1.29 is 5.11 Å². The van der Waals surface area contributed by atoms with E-state index in [1.807, 2.05) is 48.5 Å². The first-order chi connectivity index (χ1) is 9.33. The van der Waals surface area contributed by atoms with Crippen LogP contribution in [0.25, 0.3) is 0 Å². The van der Waals surface area contributed by atoms with Crippen LogP contribution in [-0.2, 0) is 0 Å². The van der Waals surface area contributed by atoms with Gasteiger partial charge < -0.3 is 5.11 Å². The number of aliphatic hydroxyl groups is 1. The molecule has 0 bridgehead atoms. The zero-order valence-electron chi connectivity index (χ0n) is 15.8. The molecule has 0 saturated heterocycles. The average molecular weight is 285 g/mol. The van der Waals surface area contributed by atoms with Crippen LogP contribution in [0.4, 0.5) is 0 Å². The zero-order valence-corrected chi connectivity index (χ0v) is 15.8. The largest absolute Gasteiger partial charge is 0.386 e. The first-order valence-electron chi connectivity index (χ1n) is 8.42. The van der Waals surface area contributed by atoms with Crippen molar-refractivity contribution in [1.29, 1.82) is 0 Å². The fourth-order valence-electron chi connectivity index (χ4n) is 1.56. The predicted molar refractivity (Wildman–Crippen MR) is 95.2 cm³/mol. The summed E-state index contributed by atoms with van der Waals surface area (Å²) in [4.78, 5) is 0.